The van der Waals surface area contributed by atoms with Crippen LogP contribution in [0.2, 0.25) is 10.2 Å². The number of nitro groups is 1. The highest BCUT2D eigenvalue weighted by Gasteiger charge is 2.15. The van der Waals surface area contributed by atoms with E-state index in [1.807, 2.05) is 6.07 Å². The molecule has 142 valence electrons. The molecule has 0 spiro atoms. The van der Waals surface area contributed by atoms with Gasteiger partial charge in [-0.3, -0.25) is 14.9 Å². The third kappa shape index (κ3) is 3.98. The van der Waals surface area contributed by atoms with Crippen LogP contribution in [0.4, 0.5) is 5.69 Å². The standard InChI is InChI=1S/C20H15Cl2N3O3/c1-12-6-7-14(10-18(12)25(27)28)19(26)9-8-17-13(2)23-24(20(17)22)16-5-3-4-15(21)11-16/h3-11H,1-2H3. The molecule has 0 atom stereocenters. The summed E-state index contributed by atoms with van der Waals surface area (Å²) in [5.41, 5.74) is 2.53. The molecular formula is C20H15Cl2N3O3. The third-order valence-electron chi connectivity index (χ3n) is 4.19. The Morgan fingerprint density at radius 1 is 1.18 bits per heavy atom. The highest BCUT2D eigenvalue weighted by Crippen LogP contribution is 2.26. The minimum Gasteiger partial charge on any atom is -0.289 e. The molecule has 0 saturated heterocycles. The second-order valence-electron chi connectivity index (χ2n) is 6.14. The van der Waals surface area contributed by atoms with Crippen molar-refractivity contribution in [2.75, 3.05) is 0 Å². The summed E-state index contributed by atoms with van der Waals surface area (Å²) in [6.07, 6.45) is 2.88. The molecule has 3 rings (SSSR count). The highest BCUT2D eigenvalue weighted by atomic mass is 35.5. The Labute approximate surface area is 171 Å². The Hall–Kier alpha value is -2.96. The Bertz CT molecular complexity index is 1120. The first kappa shape index (κ1) is 19.8. The van der Waals surface area contributed by atoms with Gasteiger partial charge in [-0.2, -0.15) is 5.10 Å². The number of aryl methyl sites for hydroxylation is 2. The molecule has 28 heavy (non-hydrogen) atoms. The Balaban J connectivity index is 1.92. The monoisotopic (exact) mass is 415 g/mol. The Morgan fingerprint density at radius 2 is 1.93 bits per heavy atom. The lowest BCUT2D eigenvalue weighted by molar-refractivity contribution is -0.385. The summed E-state index contributed by atoms with van der Waals surface area (Å²) in [6, 6.07) is 11.4. The van der Waals surface area contributed by atoms with Crippen molar-refractivity contribution in [1.29, 1.82) is 0 Å². The molecule has 0 radical (unpaired) electrons. The van der Waals surface area contributed by atoms with Crippen molar-refractivity contribution in [2.45, 2.75) is 13.8 Å². The van der Waals surface area contributed by atoms with Crippen LogP contribution in [0.25, 0.3) is 11.8 Å². The van der Waals surface area contributed by atoms with E-state index in [1.165, 1.54) is 16.8 Å². The number of carbonyl (C=O) groups excluding carboxylic acids is 1. The van der Waals surface area contributed by atoms with Gasteiger partial charge in [0.05, 0.1) is 16.3 Å². The van der Waals surface area contributed by atoms with Crippen molar-refractivity contribution < 1.29 is 9.72 Å². The second-order valence-corrected chi connectivity index (χ2v) is 6.93. The normalized spacial score (nSPS) is 11.1. The van der Waals surface area contributed by atoms with Crippen LogP contribution in [-0.4, -0.2) is 20.5 Å². The molecule has 1 aromatic heterocycles. The predicted molar refractivity (Wildman–Crippen MR) is 110 cm³/mol. The molecule has 0 fully saturated rings. The number of nitro benzene ring substituents is 1. The minimum absolute atomic E-state index is 0.0951. The van der Waals surface area contributed by atoms with Gasteiger partial charge in [-0.05, 0) is 44.2 Å². The SMILES string of the molecule is Cc1ccc(C(=O)C=Cc2c(C)nn(-c3cccc(Cl)c3)c2Cl)cc1[N+](=O)[O-]. The van der Waals surface area contributed by atoms with Gasteiger partial charge in [0.2, 0.25) is 0 Å². The summed E-state index contributed by atoms with van der Waals surface area (Å²) in [5, 5.41) is 16.3. The maximum atomic E-state index is 12.5. The second kappa shape index (κ2) is 7.96. The fraction of sp³-hybridized carbons (Fsp3) is 0.100. The zero-order valence-electron chi connectivity index (χ0n) is 15.0. The topological polar surface area (TPSA) is 78.0 Å². The summed E-state index contributed by atoms with van der Waals surface area (Å²) >= 11 is 12.5. The molecule has 2 aromatic carbocycles. The predicted octanol–water partition coefficient (Wildman–Crippen LogP) is 5.60. The van der Waals surface area contributed by atoms with Gasteiger partial charge in [0.25, 0.3) is 5.69 Å². The van der Waals surface area contributed by atoms with Crippen molar-refractivity contribution in [3.8, 4) is 5.69 Å². The number of carbonyl (C=O) groups is 1. The van der Waals surface area contributed by atoms with Gasteiger partial charge in [0.15, 0.2) is 5.78 Å². The van der Waals surface area contributed by atoms with Crippen LogP contribution in [0.3, 0.4) is 0 Å². The van der Waals surface area contributed by atoms with Crippen LogP contribution in [-0.2, 0) is 0 Å². The molecule has 0 amide bonds. The highest BCUT2D eigenvalue weighted by molar-refractivity contribution is 6.32. The number of hydrogen-bond acceptors (Lipinski definition) is 4. The van der Waals surface area contributed by atoms with E-state index in [4.69, 9.17) is 23.2 Å². The number of aromatic nitrogens is 2. The summed E-state index contributed by atoms with van der Waals surface area (Å²) < 4.78 is 1.53. The first-order chi connectivity index (χ1) is 13.3. The van der Waals surface area contributed by atoms with Gasteiger partial charge in [-0.1, -0.05) is 41.4 Å². The van der Waals surface area contributed by atoms with E-state index in [-0.39, 0.29) is 17.0 Å². The lowest BCUT2D eigenvalue weighted by Crippen LogP contribution is -1.98. The molecule has 6 nitrogen and oxygen atoms in total. The van der Waals surface area contributed by atoms with Crippen LogP contribution in [0.15, 0.2) is 48.5 Å². The van der Waals surface area contributed by atoms with Crippen LogP contribution in [0.5, 0.6) is 0 Å². The van der Waals surface area contributed by atoms with E-state index in [9.17, 15) is 14.9 Å². The zero-order valence-corrected chi connectivity index (χ0v) is 16.5. The maximum absolute atomic E-state index is 12.5. The molecule has 1 heterocycles. The van der Waals surface area contributed by atoms with Crippen molar-refractivity contribution in [2.24, 2.45) is 0 Å². The molecule has 8 heteroatoms. The van der Waals surface area contributed by atoms with E-state index in [0.29, 0.717) is 32.7 Å². The van der Waals surface area contributed by atoms with Crippen molar-refractivity contribution in [3.05, 3.63) is 91.2 Å². The smallest absolute Gasteiger partial charge is 0.273 e. The van der Waals surface area contributed by atoms with Crippen LogP contribution >= 0.6 is 23.2 Å². The number of allylic oxidation sites excluding steroid dienone is 1. The third-order valence-corrected chi connectivity index (χ3v) is 4.79. The summed E-state index contributed by atoms with van der Waals surface area (Å²) in [5.74, 6) is -0.367. The molecular weight excluding hydrogens is 401 g/mol. The average molecular weight is 416 g/mol. The van der Waals surface area contributed by atoms with Crippen molar-refractivity contribution >= 4 is 40.7 Å². The zero-order chi connectivity index (χ0) is 20.4. The molecule has 0 aliphatic rings. The molecule has 0 aliphatic heterocycles. The maximum Gasteiger partial charge on any atom is 0.273 e. The first-order valence-corrected chi connectivity index (χ1v) is 9.02. The average Bonchev–Trinajstić information content (AvgIpc) is 2.94. The summed E-state index contributed by atoms with van der Waals surface area (Å²) in [7, 11) is 0. The van der Waals surface area contributed by atoms with E-state index in [0.717, 1.165) is 0 Å². The first-order valence-electron chi connectivity index (χ1n) is 8.26. The number of hydrogen-bond donors (Lipinski definition) is 0. The van der Waals surface area contributed by atoms with E-state index < -0.39 is 4.92 Å². The number of ketones is 1. The van der Waals surface area contributed by atoms with Crippen LogP contribution in [0, 0.1) is 24.0 Å². The van der Waals surface area contributed by atoms with E-state index in [1.54, 1.807) is 50.3 Å². The Kier molecular flexibility index (Phi) is 5.63. The number of benzene rings is 2. The van der Waals surface area contributed by atoms with Gasteiger partial charge in [0.1, 0.15) is 5.15 Å². The molecule has 0 unspecified atom stereocenters. The fourth-order valence-corrected chi connectivity index (χ4v) is 3.21. The number of halogens is 2. The lowest BCUT2D eigenvalue weighted by atomic mass is 10.1. The van der Waals surface area contributed by atoms with E-state index in [2.05, 4.69) is 5.10 Å². The van der Waals surface area contributed by atoms with Crippen LogP contribution in [0.1, 0.15) is 27.2 Å². The molecule has 0 bridgehead atoms. The summed E-state index contributed by atoms with van der Waals surface area (Å²) in [4.78, 5) is 23.0. The van der Waals surface area contributed by atoms with Crippen molar-refractivity contribution in [3.63, 3.8) is 0 Å². The number of nitrogens with zero attached hydrogens (tertiary/aromatic N) is 3. The Morgan fingerprint density at radius 3 is 2.61 bits per heavy atom. The molecule has 3 aromatic rings. The molecule has 0 aliphatic carbocycles. The van der Waals surface area contributed by atoms with Gasteiger partial charge in [0, 0.05) is 27.8 Å². The van der Waals surface area contributed by atoms with Gasteiger partial charge >= 0.3 is 0 Å². The van der Waals surface area contributed by atoms with Crippen LogP contribution < -0.4 is 0 Å². The van der Waals surface area contributed by atoms with Gasteiger partial charge in [-0.15, -0.1) is 0 Å². The van der Waals surface area contributed by atoms with E-state index >= 15 is 0 Å². The fourth-order valence-electron chi connectivity index (χ4n) is 2.69. The van der Waals surface area contributed by atoms with Crippen molar-refractivity contribution in [1.82, 2.24) is 9.78 Å². The van der Waals surface area contributed by atoms with Gasteiger partial charge in [-0.25, -0.2) is 4.68 Å². The number of rotatable bonds is 5. The molecule has 0 saturated carbocycles. The largest absolute Gasteiger partial charge is 0.289 e. The molecule has 0 N–H and O–H groups in total. The lowest BCUT2D eigenvalue weighted by Gasteiger charge is -2.03. The summed E-state index contributed by atoms with van der Waals surface area (Å²) in [6.45, 7) is 3.39. The quantitative estimate of drug-likeness (QED) is 0.235. The minimum atomic E-state index is -0.508. The van der Waals surface area contributed by atoms with Gasteiger partial charge < -0.3 is 0 Å².